The third-order valence-corrected chi connectivity index (χ3v) is 2.85. The summed E-state index contributed by atoms with van der Waals surface area (Å²) in [5, 5.41) is 12.4. The number of hydrogen-bond donors (Lipinski definition) is 3. The van der Waals surface area contributed by atoms with Crippen molar-refractivity contribution in [2.45, 2.75) is 31.9 Å². The molecule has 0 aromatic heterocycles. The first-order valence-corrected chi connectivity index (χ1v) is 5.77. The first-order chi connectivity index (χ1) is 7.96. The van der Waals surface area contributed by atoms with Crippen molar-refractivity contribution in [3.63, 3.8) is 0 Å². The maximum Gasteiger partial charge on any atom is 0.241 e. The molecule has 4 heteroatoms. The zero-order valence-electron chi connectivity index (χ0n) is 10.3. The molecule has 4 nitrogen and oxygen atoms in total. The Labute approximate surface area is 102 Å². The molecule has 4 N–H and O–H groups in total. The summed E-state index contributed by atoms with van der Waals surface area (Å²) in [5.74, 6) is -0.273. The van der Waals surface area contributed by atoms with E-state index in [1.54, 1.807) is 6.92 Å². The van der Waals surface area contributed by atoms with Gasteiger partial charge < -0.3 is 16.2 Å². The molecular formula is C13H20N2O2. The number of nitrogens with two attached hydrogens (primary N) is 1. The van der Waals surface area contributed by atoms with E-state index in [2.05, 4.69) is 5.32 Å². The van der Waals surface area contributed by atoms with Crippen molar-refractivity contribution in [1.29, 1.82) is 0 Å². The minimum absolute atomic E-state index is 0.211. The molecule has 0 radical (unpaired) electrons. The van der Waals surface area contributed by atoms with E-state index in [0.29, 0.717) is 6.42 Å². The second-order valence-corrected chi connectivity index (χ2v) is 4.46. The predicted octanol–water partition coefficient (Wildman–Crippen LogP) is 0.964. The minimum Gasteiger partial charge on any atom is -0.388 e. The normalized spacial score (nSPS) is 16.0. The van der Waals surface area contributed by atoms with Gasteiger partial charge in [-0.25, -0.2) is 0 Å². The van der Waals surface area contributed by atoms with Crippen molar-refractivity contribution in [3.8, 4) is 0 Å². The molecular weight excluding hydrogens is 216 g/mol. The maximum absolute atomic E-state index is 11.8. The van der Waals surface area contributed by atoms with Crippen LogP contribution in [0.3, 0.4) is 0 Å². The molecule has 0 saturated carbocycles. The lowest BCUT2D eigenvalue weighted by Crippen LogP contribution is -2.43. The van der Waals surface area contributed by atoms with Crippen LogP contribution >= 0.6 is 0 Å². The molecule has 0 aliphatic rings. The molecule has 2 atom stereocenters. The van der Waals surface area contributed by atoms with Gasteiger partial charge in [0.25, 0.3) is 0 Å². The minimum atomic E-state index is -0.883. The van der Waals surface area contributed by atoms with E-state index < -0.39 is 11.6 Å². The molecule has 0 heterocycles. The number of nitrogens with one attached hydrogen (secondary N) is 1. The van der Waals surface area contributed by atoms with E-state index in [0.717, 1.165) is 5.56 Å². The van der Waals surface area contributed by atoms with E-state index in [-0.39, 0.29) is 12.5 Å². The Kier molecular flexibility index (Phi) is 4.66. The Balaban J connectivity index is 2.54. The molecule has 0 aliphatic carbocycles. The van der Waals surface area contributed by atoms with Crippen molar-refractivity contribution in [3.05, 3.63) is 35.9 Å². The lowest BCUT2D eigenvalue weighted by Gasteiger charge is -2.22. The Bertz CT molecular complexity index is 363. The highest BCUT2D eigenvalue weighted by Crippen LogP contribution is 2.11. The molecule has 0 saturated heterocycles. The van der Waals surface area contributed by atoms with Gasteiger partial charge in [0.15, 0.2) is 0 Å². The monoisotopic (exact) mass is 236 g/mol. The second kappa shape index (κ2) is 5.80. The van der Waals surface area contributed by atoms with Gasteiger partial charge in [-0.15, -0.1) is 0 Å². The van der Waals surface area contributed by atoms with Gasteiger partial charge in [0.05, 0.1) is 5.60 Å². The summed E-state index contributed by atoms with van der Waals surface area (Å²) < 4.78 is 0. The Morgan fingerprint density at radius 1 is 1.47 bits per heavy atom. The lowest BCUT2D eigenvalue weighted by atomic mass is 10.0. The van der Waals surface area contributed by atoms with Crippen LogP contribution in [0.15, 0.2) is 30.3 Å². The lowest BCUT2D eigenvalue weighted by molar-refractivity contribution is -0.123. The van der Waals surface area contributed by atoms with Crippen molar-refractivity contribution < 1.29 is 9.90 Å². The fourth-order valence-corrected chi connectivity index (χ4v) is 1.32. The third kappa shape index (κ3) is 4.17. The molecule has 1 aromatic carbocycles. The van der Waals surface area contributed by atoms with Crippen molar-refractivity contribution in [2.75, 3.05) is 6.54 Å². The summed E-state index contributed by atoms with van der Waals surface area (Å²) in [4.78, 5) is 11.8. The van der Waals surface area contributed by atoms with Crippen LogP contribution in [0.2, 0.25) is 0 Å². The number of hydrogen-bond acceptors (Lipinski definition) is 3. The van der Waals surface area contributed by atoms with Crippen LogP contribution < -0.4 is 11.1 Å². The topological polar surface area (TPSA) is 75.3 Å². The van der Waals surface area contributed by atoms with E-state index >= 15 is 0 Å². The Hall–Kier alpha value is -1.39. The zero-order valence-corrected chi connectivity index (χ0v) is 10.3. The smallest absolute Gasteiger partial charge is 0.241 e. The fraction of sp³-hybridized carbons (Fsp3) is 0.462. The highest BCUT2D eigenvalue weighted by atomic mass is 16.3. The summed E-state index contributed by atoms with van der Waals surface area (Å²) >= 11 is 0. The van der Waals surface area contributed by atoms with Gasteiger partial charge in [-0.1, -0.05) is 37.3 Å². The van der Waals surface area contributed by atoms with Crippen LogP contribution in [-0.2, 0) is 4.79 Å². The number of amides is 1. The molecule has 1 unspecified atom stereocenters. The molecule has 17 heavy (non-hydrogen) atoms. The van der Waals surface area contributed by atoms with Crippen molar-refractivity contribution in [1.82, 2.24) is 5.32 Å². The number of carbonyl (C=O) groups excluding carboxylic acids is 1. The average Bonchev–Trinajstić information content (AvgIpc) is 2.36. The summed E-state index contributed by atoms with van der Waals surface area (Å²) in [6, 6.07) is 8.47. The Morgan fingerprint density at radius 3 is 2.59 bits per heavy atom. The molecule has 0 aliphatic heterocycles. The summed E-state index contributed by atoms with van der Waals surface area (Å²) in [6.45, 7) is 3.76. The van der Waals surface area contributed by atoms with Gasteiger partial charge in [-0.2, -0.15) is 0 Å². The molecule has 1 rings (SSSR count). The fourth-order valence-electron chi connectivity index (χ4n) is 1.32. The molecule has 0 spiro atoms. The summed E-state index contributed by atoms with van der Waals surface area (Å²) in [7, 11) is 0. The van der Waals surface area contributed by atoms with Crippen LogP contribution in [-0.4, -0.2) is 23.2 Å². The first kappa shape index (κ1) is 13.7. The quantitative estimate of drug-likeness (QED) is 0.713. The van der Waals surface area contributed by atoms with Crippen LogP contribution in [0.1, 0.15) is 31.9 Å². The van der Waals surface area contributed by atoms with Gasteiger partial charge in [-0.05, 0) is 18.9 Å². The van der Waals surface area contributed by atoms with Gasteiger partial charge >= 0.3 is 0 Å². The molecule has 1 amide bonds. The van der Waals surface area contributed by atoms with E-state index in [4.69, 9.17) is 5.73 Å². The highest BCUT2D eigenvalue weighted by molar-refractivity contribution is 5.82. The van der Waals surface area contributed by atoms with Gasteiger partial charge in [0, 0.05) is 6.54 Å². The second-order valence-electron chi connectivity index (χ2n) is 4.46. The third-order valence-electron chi connectivity index (χ3n) is 2.85. The largest absolute Gasteiger partial charge is 0.388 e. The molecule has 0 bridgehead atoms. The summed E-state index contributed by atoms with van der Waals surface area (Å²) in [5.41, 5.74) is 5.70. The summed E-state index contributed by atoms with van der Waals surface area (Å²) in [6.07, 6.45) is 0.577. The van der Waals surface area contributed by atoms with E-state index in [1.807, 2.05) is 37.3 Å². The van der Waals surface area contributed by atoms with Crippen LogP contribution in [0.25, 0.3) is 0 Å². The van der Waals surface area contributed by atoms with Crippen molar-refractivity contribution >= 4 is 5.91 Å². The number of rotatable bonds is 5. The Morgan fingerprint density at radius 2 is 2.06 bits per heavy atom. The molecule has 0 fully saturated rings. The predicted molar refractivity (Wildman–Crippen MR) is 67.3 cm³/mol. The van der Waals surface area contributed by atoms with Crippen molar-refractivity contribution in [2.24, 2.45) is 5.73 Å². The standard InChI is InChI=1S/C13H20N2O2/c1-3-13(2,17)9-15-12(16)11(14)10-7-5-4-6-8-10/h4-8,11,17H,3,9,14H2,1-2H3,(H,15,16)/t11-,13?/m0/s1. The van der Waals surface area contributed by atoms with Crippen LogP contribution in [0.4, 0.5) is 0 Å². The number of carbonyl (C=O) groups is 1. The van der Waals surface area contributed by atoms with Crippen LogP contribution in [0, 0.1) is 0 Å². The van der Waals surface area contributed by atoms with Gasteiger partial charge in [0.2, 0.25) is 5.91 Å². The average molecular weight is 236 g/mol. The first-order valence-electron chi connectivity index (χ1n) is 5.77. The number of benzene rings is 1. The van der Waals surface area contributed by atoms with E-state index in [9.17, 15) is 9.90 Å². The van der Waals surface area contributed by atoms with E-state index in [1.165, 1.54) is 0 Å². The molecule has 94 valence electrons. The maximum atomic E-state index is 11.8. The van der Waals surface area contributed by atoms with Crippen LogP contribution in [0.5, 0.6) is 0 Å². The van der Waals surface area contributed by atoms with Gasteiger partial charge in [-0.3, -0.25) is 4.79 Å². The SMILES string of the molecule is CCC(C)(O)CNC(=O)[C@@H](N)c1ccccc1. The zero-order chi connectivity index (χ0) is 12.9. The number of aliphatic hydroxyl groups is 1. The molecule has 1 aromatic rings. The highest BCUT2D eigenvalue weighted by Gasteiger charge is 2.21. The van der Waals surface area contributed by atoms with Gasteiger partial charge in [0.1, 0.15) is 6.04 Å².